The van der Waals surface area contributed by atoms with Crippen molar-refractivity contribution in [1.29, 1.82) is 0 Å². The lowest BCUT2D eigenvalue weighted by molar-refractivity contribution is -0.120. The first-order chi connectivity index (χ1) is 7.70. The predicted molar refractivity (Wildman–Crippen MR) is 67.7 cm³/mol. The van der Waals surface area contributed by atoms with E-state index in [1.807, 2.05) is 31.2 Å². The van der Waals surface area contributed by atoms with Crippen LogP contribution < -0.4 is 5.32 Å². The molecule has 0 heterocycles. The lowest BCUT2D eigenvalue weighted by atomic mass is 10.0. The summed E-state index contributed by atoms with van der Waals surface area (Å²) in [6.45, 7) is 4.76. The van der Waals surface area contributed by atoms with Crippen LogP contribution in [0.3, 0.4) is 0 Å². The number of nitrogens with one attached hydrogen (secondary N) is 1. The van der Waals surface area contributed by atoms with Gasteiger partial charge in [0, 0.05) is 6.54 Å². The first kappa shape index (κ1) is 13.0. The first-order valence-electron chi connectivity index (χ1n) is 5.70. The van der Waals surface area contributed by atoms with E-state index in [0.29, 0.717) is 6.54 Å². The zero-order valence-corrected chi connectivity index (χ0v) is 10.6. The monoisotopic (exact) mass is 239 g/mol. The van der Waals surface area contributed by atoms with Gasteiger partial charge in [-0.1, -0.05) is 38.1 Å². The van der Waals surface area contributed by atoms with Crippen LogP contribution in [-0.2, 0) is 11.2 Å². The molecule has 0 bridgehead atoms. The van der Waals surface area contributed by atoms with Gasteiger partial charge >= 0.3 is 0 Å². The van der Waals surface area contributed by atoms with Gasteiger partial charge in [-0.25, -0.2) is 0 Å². The first-order valence-corrected chi connectivity index (χ1v) is 6.13. The van der Waals surface area contributed by atoms with E-state index in [1.165, 1.54) is 0 Å². The van der Waals surface area contributed by atoms with Crippen LogP contribution in [0.15, 0.2) is 24.3 Å². The zero-order valence-electron chi connectivity index (χ0n) is 9.79. The highest BCUT2D eigenvalue weighted by Gasteiger charge is 2.18. The molecule has 1 aromatic rings. The maximum absolute atomic E-state index is 11.7. The summed E-state index contributed by atoms with van der Waals surface area (Å²) in [6, 6.07) is 7.81. The molecule has 0 aliphatic heterocycles. The molecule has 1 unspecified atom stereocenters. The van der Waals surface area contributed by atoms with Gasteiger partial charge in [0.05, 0.1) is 0 Å². The molecule has 0 saturated carbocycles. The molecular weight excluding hydrogens is 222 g/mol. The molecule has 1 amide bonds. The number of carbonyl (C=O) groups is 1. The lowest BCUT2D eigenvalue weighted by Gasteiger charge is -2.13. The van der Waals surface area contributed by atoms with Gasteiger partial charge in [0.1, 0.15) is 5.38 Å². The third-order valence-electron chi connectivity index (χ3n) is 2.49. The number of benzene rings is 1. The minimum Gasteiger partial charge on any atom is -0.355 e. The van der Waals surface area contributed by atoms with Gasteiger partial charge in [-0.3, -0.25) is 4.79 Å². The van der Waals surface area contributed by atoms with Crippen molar-refractivity contribution in [2.45, 2.75) is 32.1 Å². The summed E-state index contributed by atoms with van der Waals surface area (Å²) in [4.78, 5) is 11.7. The van der Waals surface area contributed by atoms with Crippen molar-refractivity contribution >= 4 is 17.5 Å². The molecule has 0 radical (unpaired) electrons. The molecule has 3 heteroatoms. The Labute approximate surface area is 102 Å². The van der Waals surface area contributed by atoms with Crippen molar-refractivity contribution in [2.75, 3.05) is 6.54 Å². The topological polar surface area (TPSA) is 29.1 Å². The molecule has 1 aromatic carbocycles. The van der Waals surface area contributed by atoms with Crippen LogP contribution in [0.5, 0.6) is 0 Å². The molecule has 0 aliphatic rings. The van der Waals surface area contributed by atoms with Gasteiger partial charge in [-0.05, 0) is 24.0 Å². The van der Waals surface area contributed by atoms with Crippen LogP contribution in [0.2, 0.25) is 0 Å². The van der Waals surface area contributed by atoms with Gasteiger partial charge in [0.2, 0.25) is 5.91 Å². The number of rotatable bonds is 5. The molecule has 2 nitrogen and oxygen atoms in total. The number of hydrogen-bond acceptors (Lipinski definition) is 1. The molecule has 1 N–H and O–H groups in total. The fraction of sp³-hybridized carbons (Fsp3) is 0.462. The summed E-state index contributed by atoms with van der Waals surface area (Å²) in [5.74, 6) is -0.107. The third-order valence-corrected chi connectivity index (χ3v) is 2.92. The predicted octanol–water partition coefficient (Wildman–Crippen LogP) is 3.06. The Morgan fingerprint density at radius 3 is 2.69 bits per heavy atom. The highest BCUT2D eigenvalue weighted by molar-refractivity contribution is 6.30. The molecule has 0 aromatic heterocycles. The van der Waals surface area contributed by atoms with Crippen LogP contribution in [0.25, 0.3) is 0 Å². The van der Waals surface area contributed by atoms with Crippen molar-refractivity contribution in [1.82, 2.24) is 5.32 Å². The molecular formula is C13H18ClNO. The summed E-state index contributed by atoms with van der Waals surface area (Å²) in [5.41, 5.74) is 2.05. The minimum atomic E-state index is -0.581. The average Bonchev–Trinajstić information content (AvgIpc) is 2.34. The fourth-order valence-electron chi connectivity index (χ4n) is 1.58. The van der Waals surface area contributed by atoms with Crippen molar-refractivity contribution in [2.24, 2.45) is 0 Å². The van der Waals surface area contributed by atoms with E-state index in [1.54, 1.807) is 0 Å². The van der Waals surface area contributed by atoms with Gasteiger partial charge in [-0.2, -0.15) is 0 Å². The van der Waals surface area contributed by atoms with E-state index >= 15 is 0 Å². The molecule has 0 fully saturated rings. The number of halogens is 1. The van der Waals surface area contributed by atoms with E-state index in [0.717, 1.165) is 24.0 Å². The van der Waals surface area contributed by atoms with Crippen LogP contribution >= 0.6 is 11.6 Å². The number of aryl methyl sites for hydroxylation is 1. The Bertz CT molecular complexity index is 352. The fourth-order valence-corrected chi connectivity index (χ4v) is 1.87. The van der Waals surface area contributed by atoms with Gasteiger partial charge < -0.3 is 5.32 Å². The van der Waals surface area contributed by atoms with E-state index in [9.17, 15) is 4.79 Å². The Balaban J connectivity index is 2.78. The van der Waals surface area contributed by atoms with Crippen LogP contribution in [0.4, 0.5) is 0 Å². The van der Waals surface area contributed by atoms with Gasteiger partial charge in [0.25, 0.3) is 0 Å². The van der Waals surface area contributed by atoms with Crippen LogP contribution in [0, 0.1) is 0 Å². The SMILES string of the molecule is CCCNC(=O)C(Cl)c1ccccc1CC. The second-order valence-electron chi connectivity index (χ2n) is 3.71. The maximum atomic E-state index is 11.7. The molecule has 88 valence electrons. The third kappa shape index (κ3) is 3.24. The zero-order chi connectivity index (χ0) is 12.0. The second kappa shape index (κ2) is 6.54. The van der Waals surface area contributed by atoms with Crippen molar-refractivity contribution in [3.05, 3.63) is 35.4 Å². The number of alkyl halides is 1. The van der Waals surface area contributed by atoms with Crippen molar-refractivity contribution < 1.29 is 4.79 Å². The summed E-state index contributed by atoms with van der Waals surface area (Å²) in [6.07, 6.45) is 1.81. The Morgan fingerprint density at radius 2 is 2.06 bits per heavy atom. The molecule has 0 saturated heterocycles. The summed E-state index contributed by atoms with van der Waals surface area (Å²) >= 11 is 6.16. The Hall–Kier alpha value is -1.02. The summed E-state index contributed by atoms with van der Waals surface area (Å²) < 4.78 is 0. The van der Waals surface area contributed by atoms with Gasteiger partial charge in [0.15, 0.2) is 0 Å². The van der Waals surface area contributed by atoms with E-state index in [-0.39, 0.29) is 5.91 Å². The van der Waals surface area contributed by atoms with Crippen molar-refractivity contribution in [3.8, 4) is 0 Å². The van der Waals surface area contributed by atoms with E-state index in [2.05, 4.69) is 12.2 Å². The number of hydrogen-bond donors (Lipinski definition) is 1. The van der Waals surface area contributed by atoms with E-state index in [4.69, 9.17) is 11.6 Å². The maximum Gasteiger partial charge on any atom is 0.242 e. The normalized spacial score (nSPS) is 12.2. The van der Waals surface area contributed by atoms with E-state index < -0.39 is 5.38 Å². The van der Waals surface area contributed by atoms with Gasteiger partial charge in [-0.15, -0.1) is 11.6 Å². The highest BCUT2D eigenvalue weighted by Crippen LogP contribution is 2.24. The van der Waals surface area contributed by atoms with Crippen molar-refractivity contribution in [3.63, 3.8) is 0 Å². The Morgan fingerprint density at radius 1 is 1.38 bits per heavy atom. The number of amides is 1. The quantitative estimate of drug-likeness (QED) is 0.787. The molecule has 0 spiro atoms. The standard InChI is InChI=1S/C13H18ClNO/c1-3-9-15-13(16)12(14)11-8-6-5-7-10(11)4-2/h5-8,12H,3-4,9H2,1-2H3,(H,15,16). The average molecular weight is 240 g/mol. The minimum absolute atomic E-state index is 0.107. The molecule has 1 atom stereocenters. The Kier molecular flexibility index (Phi) is 5.33. The highest BCUT2D eigenvalue weighted by atomic mass is 35.5. The molecule has 0 aliphatic carbocycles. The summed E-state index contributed by atoms with van der Waals surface area (Å²) in [7, 11) is 0. The summed E-state index contributed by atoms with van der Waals surface area (Å²) in [5, 5.41) is 2.23. The lowest BCUT2D eigenvalue weighted by Crippen LogP contribution is -2.28. The largest absolute Gasteiger partial charge is 0.355 e. The molecule has 1 rings (SSSR count). The number of carbonyl (C=O) groups excluding carboxylic acids is 1. The van der Waals surface area contributed by atoms with Crippen LogP contribution in [0.1, 0.15) is 36.8 Å². The van der Waals surface area contributed by atoms with Crippen LogP contribution in [-0.4, -0.2) is 12.5 Å². The smallest absolute Gasteiger partial charge is 0.242 e. The second-order valence-corrected chi connectivity index (χ2v) is 4.14. The molecule has 16 heavy (non-hydrogen) atoms.